The Morgan fingerprint density at radius 2 is 1.72 bits per heavy atom. The number of aromatic nitrogens is 2. The molecule has 0 unspecified atom stereocenters. The first kappa shape index (κ1) is 16.1. The van der Waals surface area contributed by atoms with Gasteiger partial charge in [0, 0.05) is 17.5 Å². The molecule has 4 rings (SSSR count). The molecule has 0 fully saturated rings. The normalized spacial score (nSPS) is 11.4. The van der Waals surface area contributed by atoms with Crippen LogP contribution in [0.1, 0.15) is 22.4 Å². The number of aryl methyl sites for hydroxylation is 3. The first-order valence-corrected chi connectivity index (χ1v) is 9.30. The molecule has 2 aromatic heterocycles. The lowest BCUT2D eigenvalue weighted by atomic mass is 10.0. The number of nitrogens with two attached hydrogens (primary N) is 1. The summed E-state index contributed by atoms with van der Waals surface area (Å²) in [6, 6.07) is 15.1. The zero-order valence-corrected chi connectivity index (χ0v) is 15.5. The average Bonchev–Trinajstić information content (AvgIpc) is 3.14. The van der Waals surface area contributed by atoms with E-state index in [4.69, 9.17) is 10.7 Å². The number of hydrogen-bond acceptors (Lipinski definition) is 3. The van der Waals surface area contributed by atoms with Crippen molar-refractivity contribution in [2.45, 2.75) is 27.3 Å². The van der Waals surface area contributed by atoms with Crippen molar-refractivity contribution >= 4 is 16.3 Å². The quantitative estimate of drug-likeness (QED) is 0.559. The summed E-state index contributed by atoms with van der Waals surface area (Å²) in [5.74, 6) is 0. The van der Waals surface area contributed by atoms with Gasteiger partial charge in [-0.3, -0.25) is 4.40 Å². The summed E-state index contributed by atoms with van der Waals surface area (Å²) in [6.07, 6.45) is 0. The van der Waals surface area contributed by atoms with E-state index in [1.165, 1.54) is 22.3 Å². The molecule has 2 N–H and O–H groups in total. The molecule has 0 saturated heterocycles. The smallest absolute Gasteiger partial charge is 0.195 e. The van der Waals surface area contributed by atoms with Crippen molar-refractivity contribution in [1.29, 1.82) is 0 Å². The van der Waals surface area contributed by atoms with Crippen molar-refractivity contribution < 1.29 is 0 Å². The minimum absolute atomic E-state index is 0.458. The fourth-order valence-electron chi connectivity index (χ4n) is 3.32. The number of rotatable bonds is 3. The van der Waals surface area contributed by atoms with Crippen LogP contribution >= 0.6 is 11.3 Å². The van der Waals surface area contributed by atoms with E-state index >= 15 is 0 Å². The second kappa shape index (κ2) is 6.14. The van der Waals surface area contributed by atoms with Crippen LogP contribution in [0.2, 0.25) is 0 Å². The van der Waals surface area contributed by atoms with E-state index in [1.807, 2.05) is 0 Å². The summed E-state index contributed by atoms with van der Waals surface area (Å²) in [7, 11) is 0. The predicted molar refractivity (Wildman–Crippen MR) is 106 cm³/mol. The molecule has 4 aromatic rings. The van der Waals surface area contributed by atoms with Crippen molar-refractivity contribution in [1.82, 2.24) is 9.38 Å². The molecule has 0 aliphatic rings. The molecule has 0 amide bonds. The maximum absolute atomic E-state index is 6.15. The van der Waals surface area contributed by atoms with Crippen molar-refractivity contribution in [3.05, 3.63) is 70.2 Å². The van der Waals surface area contributed by atoms with Gasteiger partial charge in [-0.25, -0.2) is 4.98 Å². The van der Waals surface area contributed by atoms with Crippen LogP contribution in [0.25, 0.3) is 27.5 Å². The van der Waals surface area contributed by atoms with E-state index in [9.17, 15) is 0 Å². The molecule has 126 valence electrons. The van der Waals surface area contributed by atoms with Gasteiger partial charge < -0.3 is 5.73 Å². The molecule has 0 atom stereocenters. The van der Waals surface area contributed by atoms with Crippen molar-refractivity contribution in [3.8, 4) is 22.5 Å². The van der Waals surface area contributed by atoms with Crippen LogP contribution in [0, 0.1) is 20.8 Å². The summed E-state index contributed by atoms with van der Waals surface area (Å²) in [4.78, 5) is 5.90. The Morgan fingerprint density at radius 1 is 1.00 bits per heavy atom. The summed E-state index contributed by atoms with van der Waals surface area (Å²) in [5.41, 5.74) is 15.5. The van der Waals surface area contributed by atoms with Gasteiger partial charge in [0.15, 0.2) is 4.96 Å². The Kier molecular flexibility index (Phi) is 3.94. The molecule has 2 aromatic carbocycles. The van der Waals surface area contributed by atoms with Gasteiger partial charge in [-0.2, -0.15) is 0 Å². The van der Waals surface area contributed by atoms with E-state index in [2.05, 4.69) is 73.0 Å². The standard InChI is InChI=1S/C21H21N3S/c1-13-4-7-16(8-5-13)19-12-25-21-23-20(18(11-22)24(19)21)17-9-6-14(2)10-15(17)3/h4-10,12H,11,22H2,1-3H3. The second-order valence-electron chi connectivity index (χ2n) is 6.53. The lowest BCUT2D eigenvalue weighted by Gasteiger charge is -2.08. The molecule has 0 radical (unpaired) electrons. The number of nitrogens with zero attached hydrogens (tertiary/aromatic N) is 2. The molecule has 4 heteroatoms. The van der Waals surface area contributed by atoms with Crippen LogP contribution < -0.4 is 5.73 Å². The highest BCUT2D eigenvalue weighted by Crippen LogP contribution is 2.34. The average molecular weight is 347 g/mol. The van der Waals surface area contributed by atoms with Gasteiger partial charge in [0.1, 0.15) is 0 Å². The minimum Gasteiger partial charge on any atom is -0.325 e. The van der Waals surface area contributed by atoms with Gasteiger partial charge in [0.05, 0.1) is 17.1 Å². The number of fused-ring (bicyclic) bond motifs is 1. The summed E-state index contributed by atoms with van der Waals surface area (Å²) in [5, 5.41) is 2.16. The molecule has 0 spiro atoms. The lowest BCUT2D eigenvalue weighted by Crippen LogP contribution is -2.03. The highest BCUT2D eigenvalue weighted by Gasteiger charge is 2.18. The van der Waals surface area contributed by atoms with Crippen LogP contribution in [0.3, 0.4) is 0 Å². The van der Waals surface area contributed by atoms with Gasteiger partial charge in [0.25, 0.3) is 0 Å². The SMILES string of the molecule is Cc1ccc(-c2csc3nc(-c4ccc(C)cc4C)c(CN)n23)cc1. The zero-order chi connectivity index (χ0) is 17.6. The van der Waals surface area contributed by atoms with Crippen molar-refractivity contribution in [2.75, 3.05) is 0 Å². The first-order valence-electron chi connectivity index (χ1n) is 8.42. The largest absolute Gasteiger partial charge is 0.325 e. The molecule has 0 aliphatic heterocycles. The third kappa shape index (κ3) is 2.68. The summed E-state index contributed by atoms with van der Waals surface area (Å²) < 4.78 is 2.21. The molecular weight excluding hydrogens is 326 g/mol. The predicted octanol–water partition coefficient (Wildman–Crippen LogP) is 5.11. The van der Waals surface area contributed by atoms with Gasteiger partial charge in [-0.05, 0) is 31.9 Å². The van der Waals surface area contributed by atoms with Crippen LogP contribution in [0.5, 0.6) is 0 Å². The molecule has 0 aliphatic carbocycles. The highest BCUT2D eigenvalue weighted by molar-refractivity contribution is 7.15. The van der Waals surface area contributed by atoms with E-state index in [-0.39, 0.29) is 0 Å². The number of benzene rings is 2. The van der Waals surface area contributed by atoms with E-state index in [0.717, 1.165) is 27.6 Å². The zero-order valence-electron chi connectivity index (χ0n) is 14.7. The Labute approximate surface area is 151 Å². The highest BCUT2D eigenvalue weighted by atomic mass is 32.1. The van der Waals surface area contributed by atoms with Gasteiger partial charge in [-0.1, -0.05) is 53.6 Å². The number of hydrogen-bond donors (Lipinski definition) is 1. The molecule has 25 heavy (non-hydrogen) atoms. The lowest BCUT2D eigenvalue weighted by molar-refractivity contribution is 0.973. The Hall–Kier alpha value is -2.43. The summed E-state index contributed by atoms with van der Waals surface area (Å²) >= 11 is 1.66. The monoisotopic (exact) mass is 347 g/mol. The maximum atomic E-state index is 6.15. The maximum Gasteiger partial charge on any atom is 0.195 e. The van der Waals surface area contributed by atoms with Crippen LogP contribution in [-0.2, 0) is 6.54 Å². The topological polar surface area (TPSA) is 43.3 Å². The third-order valence-electron chi connectivity index (χ3n) is 4.64. The van der Waals surface area contributed by atoms with Gasteiger partial charge in [-0.15, -0.1) is 11.3 Å². The van der Waals surface area contributed by atoms with E-state index in [1.54, 1.807) is 11.3 Å². The van der Waals surface area contributed by atoms with Crippen LogP contribution in [-0.4, -0.2) is 9.38 Å². The van der Waals surface area contributed by atoms with Gasteiger partial charge >= 0.3 is 0 Å². The van der Waals surface area contributed by atoms with E-state index < -0.39 is 0 Å². The third-order valence-corrected chi connectivity index (χ3v) is 5.46. The summed E-state index contributed by atoms with van der Waals surface area (Å²) in [6.45, 7) is 6.81. The molecule has 0 bridgehead atoms. The fraction of sp³-hybridized carbons (Fsp3) is 0.190. The molecule has 2 heterocycles. The number of thiazole rings is 1. The molecule has 3 nitrogen and oxygen atoms in total. The minimum atomic E-state index is 0.458. The van der Waals surface area contributed by atoms with Crippen LogP contribution in [0.15, 0.2) is 47.8 Å². The van der Waals surface area contributed by atoms with E-state index in [0.29, 0.717) is 6.54 Å². The van der Waals surface area contributed by atoms with Crippen molar-refractivity contribution in [2.24, 2.45) is 5.73 Å². The Balaban J connectivity index is 1.95. The Bertz CT molecular complexity index is 1050. The van der Waals surface area contributed by atoms with Gasteiger partial charge in [0.2, 0.25) is 0 Å². The van der Waals surface area contributed by atoms with Crippen molar-refractivity contribution in [3.63, 3.8) is 0 Å². The fourth-order valence-corrected chi connectivity index (χ4v) is 4.24. The molecule has 0 saturated carbocycles. The number of imidazole rings is 1. The van der Waals surface area contributed by atoms with Crippen LogP contribution in [0.4, 0.5) is 0 Å². The molecular formula is C21H21N3S. The Morgan fingerprint density at radius 3 is 2.40 bits per heavy atom. The second-order valence-corrected chi connectivity index (χ2v) is 7.37. The first-order chi connectivity index (χ1) is 12.1.